The maximum Gasteiger partial charge on any atom is 0.263 e. The van der Waals surface area contributed by atoms with Gasteiger partial charge in [-0.15, -0.1) is 6.42 Å². The first-order valence-corrected chi connectivity index (χ1v) is 12.5. The lowest BCUT2D eigenvalue weighted by atomic mass is 9.94. The number of alkyl halides is 1. The van der Waals surface area contributed by atoms with E-state index in [2.05, 4.69) is 15.9 Å². The van der Waals surface area contributed by atoms with Crippen molar-refractivity contribution >= 4 is 25.2 Å². The van der Waals surface area contributed by atoms with Gasteiger partial charge in [0.05, 0.1) is 10.9 Å². The molecule has 0 saturated carbocycles. The lowest BCUT2D eigenvalue weighted by molar-refractivity contribution is -0.203. The Balaban J connectivity index is 2.21. The first-order valence-electron chi connectivity index (χ1n) is 9.62. The van der Waals surface area contributed by atoms with Crippen LogP contribution in [-0.2, 0) is 9.16 Å². The van der Waals surface area contributed by atoms with E-state index in [1.165, 1.54) is 10.8 Å². The third kappa shape index (κ3) is 3.39. The number of aliphatic hydroxyl groups is 2. The van der Waals surface area contributed by atoms with Gasteiger partial charge < -0.3 is 29.7 Å². The van der Waals surface area contributed by atoms with Crippen LogP contribution in [0, 0.1) is 23.7 Å². The first kappa shape index (κ1) is 23.1. The second kappa shape index (κ2) is 7.26. The Hall–Kier alpha value is -2.54. The molecule has 1 unspecified atom stereocenters. The van der Waals surface area contributed by atoms with Crippen molar-refractivity contribution in [2.75, 3.05) is 12.3 Å². The summed E-state index contributed by atoms with van der Waals surface area (Å²) in [7, 11) is -2.67. The molecule has 4 atom stereocenters. The number of terminal acetylenes is 1. The molecule has 4 N–H and O–H groups in total. The molecule has 2 aromatic heterocycles. The molecule has 9 nitrogen and oxygen atoms in total. The average molecular weight is 448 g/mol. The quantitative estimate of drug-likeness (QED) is 0.476. The molecular weight excluding hydrogens is 421 g/mol. The van der Waals surface area contributed by atoms with Gasteiger partial charge in [-0.25, -0.2) is 14.4 Å². The lowest BCUT2D eigenvalue weighted by Crippen LogP contribution is -2.57. The summed E-state index contributed by atoms with van der Waals surface area (Å²) in [4.78, 5) is 7.98. The Kier molecular flexibility index (Phi) is 5.42. The Morgan fingerprint density at radius 1 is 1.45 bits per heavy atom. The second-order valence-electron chi connectivity index (χ2n) is 9.16. The molecule has 1 aliphatic heterocycles. The van der Waals surface area contributed by atoms with E-state index in [0.717, 1.165) is 6.33 Å². The van der Waals surface area contributed by atoms with Gasteiger partial charge in [-0.2, -0.15) is 5.26 Å². The van der Waals surface area contributed by atoms with Gasteiger partial charge in [0.2, 0.25) is 5.60 Å². The lowest BCUT2D eigenvalue weighted by Gasteiger charge is -2.42. The van der Waals surface area contributed by atoms with E-state index < -0.39 is 38.7 Å². The summed E-state index contributed by atoms with van der Waals surface area (Å²) in [6.45, 7) is 8.45. The topological polar surface area (TPSA) is 139 Å². The molecule has 0 spiro atoms. The van der Waals surface area contributed by atoms with Gasteiger partial charge in [-0.1, -0.05) is 26.7 Å². The number of aromatic nitrogens is 3. The average Bonchev–Trinajstić information content (AvgIpc) is 3.17. The summed E-state index contributed by atoms with van der Waals surface area (Å²) < 4.78 is 28.7. The fourth-order valence-corrected chi connectivity index (χ4v) is 4.65. The van der Waals surface area contributed by atoms with Crippen molar-refractivity contribution in [3.8, 4) is 18.4 Å². The van der Waals surface area contributed by atoms with E-state index in [9.17, 15) is 15.5 Å². The third-order valence-corrected chi connectivity index (χ3v) is 10.6. The highest BCUT2D eigenvalue weighted by Crippen LogP contribution is 2.50. The highest BCUT2D eigenvalue weighted by Gasteiger charge is 2.67. The highest BCUT2D eigenvalue weighted by atomic mass is 28.4. The zero-order valence-electron chi connectivity index (χ0n) is 18.0. The van der Waals surface area contributed by atoms with Gasteiger partial charge in [0.25, 0.3) is 5.85 Å². The number of fused-ring (bicyclic) bond motifs is 1. The fourth-order valence-electron chi connectivity index (χ4n) is 3.35. The van der Waals surface area contributed by atoms with Crippen molar-refractivity contribution in [1.82, 2.24) is 14.5 Å². The number of hydrogen-bond donors (Lipinski definition) is 3. The van der Waals surface area contributed by atoms with E-state index in [4.69, 9.17) is 21.3 Å². The number of nitrogen functional groups attached to an aromatic ring is 1. The normalized spacial score (nSPS) is 29.1. The number of nitrogens with two attached hydrogens (primary N) is 1. The molecular formula is C20H26FN5O4Si. The highest BCUT2D eigenvalue weighted by molar-refractivity contribution is 6.74. The number of ether oxygens (including phenoxy) is 1. The number of anilines is 1. The Labute approximate surface area is 180 Å². The minimum absolute atomic E-state index is 0.0327. The van der Waals surface area contributed by atoms with Crippen LogP contribution in [0.2, 0.25) is 18.1 Å². The second-order valence-corrected chi connectivity index (χ2v) is 13.9. The number of aliphatic hydroxyl groups excluding tert-OH is 1. The largest absolute Gasteiger partial charge is 0.404 e. The van der Waals surface area contributed by atoms with E-state index >= 15 is 4.39 Å². The monoisotopic (exact) mass is 447 g/mol. The van der Waals surface area contributed by atoms with Crippen molar-refractivity contribution in [3.63, 3.8) is 0 Å². The maximum absolute atomic E-state index is 15.8. The van der Waals surface area contributed by atoms with Crippen molar-refractivity contribution in [1.29, 1.82) is 5.26 Å². The molecule has 1 saturated heterocycles. The van der Waals surface area contributed by atoms with Crippen LogP contribution < -0.4 is 5.73 Å². The van der Waals surface area contributed by atoms with Gasteiger partial charge in [-0.05, 0) is 18.1 Å². The molecule has 0 bridgehead atoms. The molecule has 3 heterocycles. The summed E-state index contributed by atoms with van der Waals surface area (Å²) in [5.74, 6) is -0.562. The van der Waals surface area contributed by atoms with Gasteiger partial charge >= 0.3 is 0 Å². The Morgan fingerprint density at radius 3 is 2.61 bits per heavy atom. The van der Waals surface area contributed by atoms with Crippen LogP contribution in [-0.4, -0.2) is 57.2 Å². The van der Waals surface area contributed by atoms with Gasteiger partial charge in [0.15, 0.2) is 20.6 Å². The number of halogens is 1. The van der Waals surface area contributed by atoms with Crippen LogP contribution >= 0.6 is 0 Å². The zero-order chi connectivity index (χ0) is 23.4. The molecule has 31 heavy (non-hydrogen) atoms. The van der Waals surface area contributed by atoms with Gasteiger partial charge in [-0.3, -0.25) is 0 Å². The van der Waals surface area contributed by atoms with Crippen molar-refractivity contribution in [3.05, 3.63) is 18.1 Å². The van der Waals surface area contributed by atoms with E-state index in [0.29, 0.717) is 0 Å². The first-order chi connectivity index (χ1) is 14.3. The molecule has 166 valence electrons. The number of rotatable bonds is 4. The van der Waals surface area contributed by atoms with Crippen molar-refractivity contribution in [2.45, 2.75) is 62.7 Å². The molecule has 0 aromatic carbocycles. The van der Waals surface area contributed by atoms with Crippen LogP contribution in [0.5, 0.6) is 0 Å². The number of hydrogen-bond acceptors (Lipinski definition) is 8. The zero-order valence-corrected chi connectivity index (χ0v) is 19.0. The predicted molar refractivity (Wildman–Crippen MR) is 114 cm³/mol. The molecule has 1 aliphatic rings. The standard InChI is InChI=1S/C20H26FN5O4Si/c1-7-19(28)16(30-31(5,6)18(2,3)4)20(21,10-27)29-17(19)26-9-12(8-22)13-14(23)24-11-25-15(13)26/h1,9,11,16-17,27-28H,10H2,2-6H3,(H2,23,24,25)/t16?,17-,19-,20-/m1/s1. The number of nitriles is 1. The van der Waals surface area contributed by atoms with Crippen LogP contribution in [0.15, 0.2) is 12.5 Å². The van der Waals surface area contributed by atoms with E-state index in [-0.39, 0.29) is 27.5 Å². The minimum atomic E-state index is -2.80. The molecule has 2 aromatic rings. The Morgan fingerprint density at radius 2 is 2.10 bits per heavy atom. The van der Waals surface area contributed by atoms with Crippen LogP contribution in [0.3, 0.4) is 0 Å². The van der Waals surface area contributed by atoms with E-state index in [1.54, 1.807) is 0 Å². The maximum atomic E-state index is 15.8. The van der Waals surface area contributed by atoms with Crippen molar-refractivity contribution in [2.24, 2.45) is 0 Å². The SMILES string of the molecule is C#C[C@@]1(O)C(O[Si](C)(C)C(C)(C)C)[C@@](F)(CO)O[C@H]1n1cc(C#N)c2c(N)ncnc21. The fraction of sp³-hybridized carbons (Fsp3) is 0.550. The molecule has 1 fully saturated rings. The van der Waals surface area contributed by atoms with Crippen LogP contribution in [0.25, 0.3) is 11.0 Å². The molecule has 0 radical (unpaired) electrons. The summed E-state index contributed by atoms with van der Waals surface area (Å²) in [6, 6.07) is 1.97. The summed E-state index contributed by atoms with van der Waals surface area (Å²) in [5.41, 5.74) is 3.78. The molecule has 0 amide bonds. The predicted octanol–water partition coefficient (Wildman–Crippen LogP) is 1.83. The van der Waals surface area contributed by atoms with Gasteiger partial charge in [0, 0.05) is 6.20 Å². The van der Waals surface area contributed by atoms with Crippen molar-refractivity contribution < 1.29 is 23.8 Å². The molecule has 3 rings (SSSR count). The summed E-state index contributed by atoms with van der Waals surface area (Å²) in [6.07, 6.45) is 4.90. The Bertz CT molecular complexity index is 1100. The van der Waals surface area contributed by atoms with Crippen LogP contribution in [0.1, 0.15) is 32.6 Å². The smallest absolute Gasteiger partial charge is 0.263 e. The van der Waals surface area contributed by atoms with E-state index in [1.807, 2.05) is 39.9 Å². The minimum Gasteiger partial charge on any atom is -0.404 e. The molecule has 11 heteroatoms. The van der Waals surface area contributed by atoms with Gasteiger partial charge in [0.1, 0.15) is 30.5 Å². The number of nitrogens with zero attached hydrogens (tertiary/aromatic N) is 4. The third-order valence-electron chi connectivity index (χ3n) is 6.15. The summed E-state index contributed by atoms with van der Waals surface area (Å²) >= 11 is 0. The summed E-state index contributed by atoms with van der Waals surface area (Å²) in [5, 5.41) is 30.7. The molecule has 0 aliphatic carbocycles. The van der Waals surface area contributed by atoms with Crippen LogP contribution in [0.4, 0.5) is 10.2 Å².